The Balaban J connectivity index is 1.55. The van der Waals surface area contributed by atoms with Crippen LogP contribution in [0.2, 0.25) is 0 Å². The number of ether oxygens (including phenoxy) is 1. The van der Waals surface area contributed by atoms with Crippen LogP contribution in [-0.2, 0) is 24.3 Å². The van der Waals surface area contributed by atoms with Crippen molar-refractivity contribution in [1.82, 2.24) is 10.2 Å². The molecule has 1 fully saturated rings. The number of nitrogens with zero attached hydrogens (tertiary/aromatic N) is 1. The van der Waals surface area contributed by atoms with Crippen LogP contribution >= 0.6 is 0 Å². The zero-order valence-corrected chi connectivity index (χ0v) is 17.1. The summed E-state index contributed by atoms with van der Waals surface area (Å²) >= 11 is 0. The number of nitrogens with one attached hydrogen (secondary N) is 1. The molecule has 1 unspecified atom stereocenters. The van der Waals surface area contributed by atoms with E-state index in [-0.39, 0.29) is 17.7 Å². The first-order valence-corrected chi connectivity index (χ1v) is 10.6. The van der Waals surface area contributed by atoms with E-state index >= 15 is 0 Å². The van der Waals surface area contributed by atoms with Gasteiger partial charge in [0.25, 0.3) is 0 Å². The molecule has 2 N–H and O–H groups in total. The molecule has 5 nitrogen and oxygen atoms in total. The number of phenolic OH excluding ortho intramolecular Hbond substituents is 1. The largest absolute Gasteiger partial charge is 0.504 e. The van der Waals surface area contributed by atoms with Gasteiger partial charge >= 0.3 is 0 Å². The Kier molecular flexibility index (Phi) is 6.05. The molecule has 1 saturated carbocycles. The lowest BCUT2D eigenvalue weighted by atomic mass is 9.91. The molecule has 0 spiro atoms. The summed E-state index contributed by atoms with van der Waals surface area (Å²) in [5.41, 5.74) is 3.56. The van der Waals surface area contributed by atoms with Crippen LogP contribution < -0.4 is 10.1 Å². The quantitative estimate of drug-likeness (QED) is 0.810. The van der Waals surface area contributed by atoms with Crippen LogP contribution in [0.1, 0.15) is 48.8 Å². The molecule has 5 heteroatoms. The Labute approximate surface area is 172 Å². The lowest BCUT2D eigenvalue weighted by molar-refractivity contribution is -0.128. The number of hydrogen-bond acceptors (Lipinski definition) is 4. The molecule has 0 radical (unpaired) electrons. The van der Waals surface area contributed by atoms with Crippen molar-refractivity contribution >= 4 is 5.91 Å². The van der Waals surface area contributed by atoms with Crippen LogP contribution in [-0.4, -0.2) is 35.1 Å². The second-order valence-corrected chi connectivity index (χ2v) is 8.24. The summed E-state index contributed by atoms with van der Waals surface area (Å²) in [6.07, 6.45) is 6.58. The molecule has 1 aliphatic heterocycles. The maximum atomic E-state index is 13.2. The number of hydrogen-bond donors (Lipinski definition) is 2. The molecule has 2 aliphatic rings. The number of benzene rings is 2. The summed E-state index contributed by atoms with van der Waals surface area (Å²) in [6.45, 7) is 1.37. The minimum atomic E-state index is -0.188. The highest BCUT2D eigenvalue weighted by atomic mass is 16.5. The predicted octanol–water partition coefficient (Wildman–Crippen LogP) is 3.78. The maximum absolute atomic E-state index is 13.2. The van der Waals surface area contributed by atoms with Gasteiger partial charge in [-0.2, -0.15) is 0 Å². The third-order valence-corrected chi connectivity index (χ3v) is 6.23. The molecule has 0 saturated heterocycles. The second-order valence-electron chi connectivity index (χ2n) is 8.24. The number of aromatic hydroxyl groups is 1. The molecule has 0 aromatic heterocycles. The van der Waals surface area contributed by atoms with E-state index in [0.717, 1.165) is 31.4 Å². The van der Waals surface area contributed by atoms with E-state index in [1.54, 1.807) is 13.2 Å². The fourth-order valence-corrected chi connectivity index (χ4v) is 4.60. The van der Waals surface area contributed by atoms with Crippen LogP contribution in [0.15, 0.2) is 42.5 Å². The van der Waals surface area contributed by atoms with E-state index in [2.05, 4.69) is 34.5 Å². The highest BCUT2D eigenvalue weighted by Crippen LogP contribution is 2.30. The van der Waals surface area contributed by atoms with Gasteiger partial charge in [0, 0.05) is 19.1 Å². The summed E-state index contributed by atoms with van der Waals surface area (Å²) in [7, 11) is 1.55. The Morgan fingerprint density at radius 3 is 2.66 bits per heavy atom. The van der Waals surface area contributed by atoms with Gasteiger partial charge in [0.1, 0.15) is 0 Å². The fourth-order valence-electron chi connectivity index (χ4n) is 4.60. The van der Waals surface area contributed by atoms with Crippen LogP contribution in [0, 0.1) is 0 Å². The van der Waals surface area contributed by atoms with Crippen molar-refractivity contribution in [2.24, 2.45) is 0 Å². The van der Waals surface area contributed by atoms with E-state index in [1.807, 2.05) is 12.1 Å². The van der Waals surface area contributed by atoms with Gasteiger partial charge in [-0.05, 0) is 48.1 Å². The third kappa shape index (κ3) is 4.56. The van der Waals surface area contributed by atoms with Crippen molar-refractivity contribution in [3.05, 3.63) is 59.2 Å². The van der Waals surface area contributed by atoms with Gasteiger partial charge in [0.2, 0.25) is 5.91 Å². The minimum absolute atomic E-state index is 0.131. The Bertz CT molecular complexity index is 861. The smallest absolute Gasteiger partial charge is 0.237 e. The summed E-state index contributed by atoms with van der Waals surface area (Å²) in [6, 6.07) is 13.9. The first-order valence-electron chi connectivity index (χ1n) is 10.6. The SMILES string of the molecule is COc1cc(CN2Cc3ccccc3CC2C(=O)NC2CCCCC2)ccc1O. The number of amides is 1. The Hall–Kier alpha value is -2.53. The van der Waals surface area contributed by atoms with Crippen LogP contribution in [0.25, 0.3) is 0 Å². The number of phenols is 1. The van der Waals surface area contributed by atoms with Crippen molar-refractivity contribution in [1.29, 1.82) is 0 Å². The molecule has 1 heterocycles. The molecule has 0 bridgehead atoms. The van der Waals surface area contributed by atoms with E-state index in [0.29, 0.717) is 18.3 Å². The average Bonchev–Trinajstić information content (AvgIpc) is 2.75. The molecule has 2 aromatic rings. The predicted molar refractivity (Wildman–Crippen MR) is 113 cm³/mol. The molecule has 154 valence electrons. The molecular formula is C24H30N2O3. The van der Waals surface area contributed by atoms with E-state index in [9.17, 15) is 9.90 Å². The molecule has 1 atom stereocenters. The van der Waals surface area contributed by atoms with Gasteiger partial charge in [-0.25, -0.2) is 0 Å². The lowest BCUT2D eigenvalue weighted by Gasteiger charge is -2.37. The van der Waals surface area contributed by atoms with E-state index < -0.39 is 0 Å². The first-order chi connectivity index (χ1) is 14.1. The minimum Gasteiger partial charge on any atom is -0.504 e. The second kappa shape index (κ2) is 8.87. The van der Waals surface area contributed by atoms with Crippen LogP contribution in [0.3, 0.4) is 0 Å². The fraction of sp³-hybridized carbons (Fsp3) is 0.458. The standard InChI is InChI=1S/C24H30N2O3/c1-29-23-13-17(11-12-22(23)27)15-26-16-19-8-6-5-7-18(19)14-21(26)24(28)25-20-9-3-2-4-10-20/h5-8,11-13,20-21,27H,2-4,9-10,14-16H2,1H3,(H,25,28). The van der Waals surface area contributed by atoms with Crippen molar-refractivity contribution < 1.29 is 14.6 Å². The zero-order valence-electron chi connectivity index (χ0n) is 17.1. The summed E-state index contributed by atoms with van der Waals surface area (Å²) in [4.78, 5) is 15.5. The number of methoxy groups -OCH3 is 1. The highest BCUT2D eigenvalue weighted by Gasteiger charge is 2.32. The number of rotatable bonds is 5. The monoisotopic (exact) mass is 394 g/mol. The number of carbonyl (C=O) groups is 1. The summed E-state index contributed by atoms with van der Waals surface area (Å²) in [5.74, 6) is 0.729. The van der Waals surface area contributed by atoms with Crippen LogP contribution in [0.4, 0.5) is 0 Å². The summed E-state index contributed by atoms with van der Waals surface area (Å²) in [5, 5.41) is 13.2. The van der Waals surface area contributed by atoms with Crippen molar-refractivity contribution in [3.8, 4) is 11.5 Å². The Morgan fingerprint density at radius 2 is 1.90 bits per heavy atom. The van der Waals surface area contributed by atoms with E-state index in [4.69, 9.17) is 4.74 Å². The maximum Gasteiger partial charge on any atom is 0.237 e. The van der Waals surface area contributed by atoms with Gasteiger partial charge < -0.3 is 15.2 Å². The summed E-state index contributed by atoms with van der Waals surface area (Å²) < 4.78 is 5.26. The zero-order chi connectivity index (χ0) is 20.2. The van der Waals surface area contributed by atoms with Gasteiger partial charge in [-0.1, -0.05) is 49.6 Å². The van der Waals surface area contributed by atoms with Crippen molar-refractivity contribution in [2.45, 2.75) is 63.7 Å². The molecule has 1 aliphatic carbocycles. The topological polar surface area (TPSA) is 61.8 Å². The van der Waals surface area contributed by atoms with E-state index in [1.165, 1.54) is 30.4 Å². The van der Waals surface area contributed by atoms with Crippen molar-refractivity contribution in [2.75, 3.05) is 7.11 Å². The van der Waals surface area contributed by atoms with Gasteiger partial charge in [0.05, 0.1) is 13.2 Å². The first kappa shape index (κ1) is 19.8. The molecule has 2 aromatic carbocycles. The van der Waals surface area contributed by atoms with Gasteiger partial charge in [-0.3, -0.25) is 9.69 Å². The Morgan fingerprint density at radius 1 is 1.14 bits per heavy atom. The average molecular weight is 395 g/mol. The molecule has 29 heavy (non-hydrogen) atoms. The lowest BCUT2D eigenvalue weighted by Crippen LogP contribution is -2.52. The highest BCUT2D eigenvalue weighted by molar-refractivity contribution is 5.82. The number of fused-ring (bicyclic) bond motifs is 1. The molecule has 4 rings (SSSR count). The van der Waals surface area contributed by atoms with Gasteiger partial charge in [0.15, 0.2) is 11.5 Å². The normalized spacial score (nSPS) is 20.1. The molecule has 1 amide bonds. The third-order valence-electron chi connectivity index (χ3n) is 6.23. The van der Waals surface area contributed by atoms with Gasteiger partial charge in [-0.15, -0.1) is 0 Å². The number of carbonyl (C=O) groups excluding carboxylic acids is 1. The molecular weight excluding hydrogens is 364 g/mol. The van der Waals surface area contributed by atoms with Crippen LogP contribution in [0.5, 0.6) is 11.5 Å². The van der Waals surface area contributed by atoms with Crippen molar-refractivity contribution in [3.63, 3.8) is 0 Å².